The molecular formula is C12H18N8O. The molecule has 1 unspecified atom stereocenters. The molecule has 1 atom stereocenters. The van der Waals surface area contributed by atoms with E-state index in [1.54, 1.807) is 13.4 Å². The molecule has 2 aromatic heterocycles. The third kappa shape index (κ3) is 3.43. The molecule has 0 saturated carbocycles. The predicted molar refractivity (Wildman–Crippen MR) is 76.3 cm³/mol. The van der Waals surface area contributed by atoms with E-state index in [0.717, 1.165) is 32.6 Å². The number of aromatic nitrogens is 6. The van der Waals surface area contributed by atoms with Crippen LogP contribution in [-0.4, -0.2) is 56.5 Å². The minimum Gasteiger partial charge on any atom is -0.381 e. The molecule has 21 heavy (non-hydrogen) atoms. The van der Waals surface area contributed by atoms with Gasteiger partial charge in [-0.1, -0.05) is 0 Å². The second kappa shape index (κ2) is 6.44. The first-order valence-electron chi connectivity index (χ1n) is 6.95. The Labute approximate surface area is 122 Å². The summed E-state index contributed by atoms with van der Waals surface area (Å²) in [7, 11) is 1.76. The lowest BCUT2D eigenvalue weighted by Gasteiger charge is -2.22. The van der Waals surface area contributed by atoms with Crippen molar-refractivity contribution in [2.75, 3.05) is 37.4 Å². The minimum absolute atomic E-state index is 0.425. The number of anilines is 2. The van der Waals surface area contributed by atoms with Gasteiger partial charge < -0.3 is 15.4 Å². The summed E-state index contributed by atoms with van der Waals surface area (Å²) in [6.45, 7) is 2.43. The van der Waals surface area contributed by atoms with Crippen molar-refractivity contribution >= 4 is 11.9 Å². The van der Waals surface area contributed by atoms with Crippen LogP contribution in [0.1, 0.15) is 12.8 Å². The van der Waals surface area contributed by atoms with Crippen molar-refractivity contribution in [3.8, 4) is 5.95 Å². The zero-order chi connectivity index (χ0) is 14.5. The molecule has 2 N–H and O–H groups in total. The highest BCUT2D eigenvalue weighted by atomic mass is 16.5. The fraction of sp³-hybridized carbons (Fsp3) is 0.583. The Morgan fingerprint density at radius 1 is 1.33 bits per heavy atom. The van der Waals surface area contributed by atoms with Crippen molar-refractivity contribution in [1.82, 2.24) is 29.7 Å². The summed E-state index contributed by atoms with van der Waals surface area (Å²) in [5.41, 5.74) is 0. The molecule has 1 aliphatic heterocycles. The SMILES string of the molecule is CNc1nc(NCC2CCCOC2)nc(-n2cncn2)n1. The van der Waals surface area contributed by atoms with Crippen LogP contribution in [0.15, 0.2) is 12.7 Å². The summed E-state index contributed by atoms with van der Waals surface area (Å²) in [4.78, 5) is 16.8. The van der Waals surface area contributed by atoms with E-state index in [9.17, 15) is 0 Å². The minimum atomic E-state index is 0.425. The van der Waals surface area contributed by atoms with Crippen molar-refractivity contribution < 1.29 is 4.74 Å². The van der Waals surface area contributed by atoms with E-state index in [4.69, 9.17) is 4.74 Å². The lowest BCUT2D eigenvalue weighted by Crippen LogP contribution is -2.25. The van der Waals surface area contributed by atoms with Gasteiger partial charge in [-0.05, 0) is 18.8 Å². The molecule has 0 spiro atoms. The van der Waals surface area contributed by atoms with E-state index in [1.807, 2.05) is 0 Å². The van der Waals surface area contributed by atoms with Gasteiger partial charge in [0.05, 0.1) is 6.61 Å². The fourth-order valence-corrected chi connectivity index (χ4v) is 2.17. The highest BCUT2D eigenvalue weighted by Gasteiger charge is 2.15. The zero-order valence-electron chi connectivity index (χ0n) is 11.9. The third-order valence-corrected chi connectivity index (χ3v) is 3.27. The first-order chi connectivity index (χ1) is 10.3. The molecule has 1 aliphatic rings. The summed E-state index contributed by atoms with van der Waals surface area (Å²) in [5, 5.41) is 10.2. The molecule has 1 saturated heterocycles. The Morgan fingerprint density at radius 3 is 2.95 bits per heavy atom. The molecule has 2 aromatic rings. The normalized spacial score (nSPS) is 18.4. The molecule has 9 nitrogen and oxygen atoms in total. The van der Waals surface area contributed by atoms with E-state index in [-0.39, 0.29) is 0 Å². The average molecular weight is 290 g/mol. The summed E-state index contributed by atoms with van der Waals surface area (Å²) in [5.74, 6) is 1.92. The summed E-state index contributed by atoms with van der Waals surface area (Å²) >= 11 is 0. The molecule has 1 fully saturated rings. The number of hydrogen-bond donors (Lipinski definition) is 2. The molecule has 112 valence electrons. The maximum absolute atomic E-state index is 5.47. The number of nitrogens with zero attached hydrogens (tertiary/aromatic N) is 6. The lowest BCUT2D eigenvalue weighted by molar-refractivity contribution is 0.0594. The Hall–Kier alpha value is -2.29. The highest BCUT2D eigenvalue weighted by molar-refractivity contribution is 5.37. The maximum Gasteiger partial charge on any atom is 0.258 e. The Bertz CT molecular complexity index is 567. The highest BCUT2D eigenvalue weighted by Crippen LogP contribution is 2.14. The van der Waals surface area contributed by atoms with Crippen LogP contribution in [0.5, 0.6) is 0 Å². The molecule has 0 radical (unpaired) electrons. The quantitative estimate of drug-likeness (QED) is 0.812. The van der Waals surface area contributed by atoms with Crippen LogP contribution in [0.3, 0.4) is 0 Å². The zero-order valence-corrected chi connectivity index (χ0v) is 11.9. The molecule has 0 aromatic carbocycles. The lowest BCUT2D eigenvalue weighted by atomic mass is 10.0. The van der Waals surface area contributed by atoms with E-state index < -0.39 is 0 Å². The van der Waals surface area contributed by atoms with Gasteiger partial charge in [-0.2, -0.15) is 24.7 Å². The molecule has 9 heteroatoms. The van der Waals surface area contributed by atoms with Gasteiger partial charge in [0.25, 0.3) is 5.95 Å². The van der Waals surface area contributed by atoms with E-state index in [0.29, 0.717) is 23.8 Å². The van der Waals surface area contributed by atoms with Crippen LogP contribution in [0, 0.1) is 5.92 Å². The van der Waals surface area contributed by atoms with Gasteiger partial charge >= 0.3 is 0 Å². The molecule has 0 aliphatic carbocycles. The average Bonchev–Trinajstić information content (AvgIpc) is 3.08. The van der Waals surface area contributed by atoms with Gasteiger partial charge in [0.1, 0.15) is 12.7 Å². The number of ether oxygens (including phenoxy) is 1. The fourth-order valence-electron chi connectivity index (χ4n) is 2.17. The van der Waals surface area contributed by atoms with Gasteiger partial charge in [-0.25, -0.2) is 4.98 Å². The summed E-state index contributed by atoms with van der Waals surface area (Å²) in [6, 6.07) is 0. The smallest absolute Gasteiger partial charge is 0.258 e. The first-order valence-corrected chi connectivity index (χ1v) is 6.95. The second-order valence-electron chi connectivity index (χ2n) is 4.84. The monoisotopic (exact) mass is 290 g/mol. The van der Waals surface area contributed by atoms with Crippen LogP contribution in [0.2, 0.25) is 0 Å². The van der Waals surface area contributed by atoms with E-state index in [1.165, 1.54) is 11.0 Å². The van der Waals surface area contributed by atoms with Crippen molar-refractivity contribution in [2.45, 2.75) is 12.8 Å². The largest absolute Gasteiger partial charge is 0.381 e. The van der Waals surface area contributed by atoms with Crippen molar-refractivity contribution in [2.24, 2.45) is 5.92 Å². The van der Waals surface area contributed by atoms with Crippen LogP contribution in [0.25, 0.3) is 5.95 Å². The maximum atomic E-state index is 5.47. The van der Waals surface area contributed by atoms with Gasteiger partial charge in [0, 0.05) is 20.2 Å². The van der Waals surface area contributed by atoms with Crippen LogP contribution in [-0.2, 0) is 4.74 Å². The molecule has 0 amide bonds. The first kappa shape index (κ1) is 13.7. The Morgan fingerprint density at radius 2 is 2.24 bits per heavy atom. The third-order valence-electron chi connectivity index (χ3n) is 3.27. The Kier molecular flexibility index (Phi) is 4.20. The standard InChI is InChI=1S/C12H18N8O/c1-13-10-17-11(15-5-9-3-2-4-21-6-9)19-12(18-10)20-8-14-7-16-20/h7-9H,2-6H2,1H3,(H2,13,15,17,18,19). The molecule has 3 heterocycles. The molecule has 3 rings (SSSR count). The number of nitrogens with one attached hydrogen (secondary N) is 2. The van der Waals surface area contributed by atoms with Crippen molar-refractivity contribution in [3.63, 3.8) is 0 Å². The predicted octanol–water partition coefficient (Wildman–Crippen LogP) is 0.332. The number of rotatable bonds is 5. The second-order valence-corrected chi connectivity index (χ2v) is 4.84. The summed E-state index contributed by atoms with van der Waals surface area (Å²) < 4.78 is 6.97. The van der Waals surface area contributed by atoms with Gasteiger partial charge in [0.15, 0.2) is 0 Å². The van der Waals surface area contributed by atoms with Gasteiger partial charge in [0.2, 0.25) is 11.9 Å². The van der Waals surface area contributed by atoms with Crippen LogP contribution in [0.4, 0.5) is 11.9 Å². The van der Waals surface area contributed by atoms with Crippen LogP contribution < -0.4 is 10.6 Å². The van der Waals surface area contributed by atoms with Crippen molar-refractivity contribution in [1.29, 1.82) is 0 Å². The topological polar surface area (TPSA) is 103 Å². The van der Waals surface area contributed by atoms with Crippen LogP contribution >= 0.6 is 0 Å². The molecule has 0 bridgehead atoms. The van der Waals surface area contributed by atoms with Gasteiger partial charge in [-0.3, -0.25) is 0 Å². The van der Waals surface area contributed by atoms with E-state index >= 15 is 0 Å². The van der Waals surface area contributed by atoms with E-state index in [2.05, 4.69) is 35.7 Å². The van der Waals surface area contributed by atoms with Gasteiger partial charge in [-0.15, -0.1) is 0 Å². The molecular weight excluding hydrogens is 272 g/mol. The summed E-state index contributed by atoms with van der Waals surface area (Å²) in [6.07, 6.45) is 5.26. The van der Waals surface area contributed by atoms with Crippen molar-refractivity contribution in [3.05, 3.63) is 12.7 Å². The number of hydrogen-bond acceptors (Lipinski definition) is 8. The Balaban J connectivity index is 1.73.